The fourth-order valence-corrected chi connectivity index (χ4v) is 2.42. The monoisotopic (exact) mass is 377 g/mol. The zero-order valence-electron chi connectivity index (χ0n) is 10.9. The molecule has 2 nitrogen and oxygen atoms in total. The summed E-state index contributed by atoms with van der Waals surface area (Å²) in [7, 11) is 2.15. The molecule has 0 amide bonds. The Labute approximate surface area is 127 Å². The summed E-state index contributed by atoms with van der Waals surface area (Å²) in [6.45, 7) is 2.86. The van der Waals surface area contributed by atoms with Gasteiger partial charge in [-0.25, -0.2) is 0 Å². The summed E-state index contributed by atoms with van der Waals surface area (Å²) in [5.41, 5.74) is 0. The van der Waals surface area contributed by atoms with Crippen LogP contribution in [-0.4, -0.2) is 37.0 Å². The number of hydrogen-bond donors (Lipinski definition) is 0. The number of likely N-dealkylation sites (N-methyl/N-ethyl adjacent to an activating group) is 1. The lowest BCUT2D eigenvalue weighted by atomic mass is 10.2. The summed E-state index contributed by atoms with van der Waals surface area (Å²) in [4.78, 5) is 2.33. The van der Waals surface area contributed by atoms with Crippen LogP contribution in [0.25, 0.3) is 0 Å². The van der Waals surface area contributed by atoms with Crippen LogP contribution in [0.3, 0.4) is 0 Å². The van der Waals surface area contributed by atoms with Crippen molar-refractivity contribution < 1.29 is 4.74 Å². The summed E-state index contributed by atoms with van der Waals surface area (Å²) in [6.07, 6.45) is 3.82. The summed E-state index contributed by atoms with van der Waals surface area (Å²) < 4.78 is 6.76. The molecule has 1 aromatic rings. The predicted octanol–water partition coefficient (Wildman–Crippen LogP) is 4.32. The zero-order chi connectivity index (χ0) is 13.2. The van der Waals surface area contributed by atoms with Gasteiger partial charge in [0.15, 0.2) is 0 Å². The topological polar surface area (TPSA) is 12.5 Å². The Morgan fingerprint density at radius 2 is 2.00 bits per heavy atom. The number of nitrogens with zero attached hydrogens (tertiary/aromatic N) is 1. The minimum Gasteiger partial charge on any atom is -0.492 e. The fourth-order valence-electron chi connectivity index (χ4n) is 1.64. The van der Waals surface area contributed by atoms with Crippen molar-refractivity contribution in [2.75, 3.05) is 32.1 Å². The number of hydrogen-bond acceptors (Lipinski definition) is 2. The van der Waals surface area contributed by atoms with Gasteiger partial charge in [-0.2, -0.15) is 0 Å². The molecule has 0 atom stereocenters. The molecule has 0 spiro atoms. The molecule has 0 aliphatic carbocycles. The van der Waals surface area contributed by atoms with E-state index in [1.165, 1.54) is 19.3 Å². The van der Waals surface area contributed by atoms with Gasteiger partial charge in [0.2, 0.25) is 0 Å². The fraction of sp³-hybridized carbons (Fsp3) is 0.571. The molecular formula is C14H21Br2NO. The number of halogens is 2. The number of benzene rings is 1. The van der Waals surface area contributed by atoms with E-state index < -0.39 is 0 Å². The van der Waals surface area contributed by atoms with Crippen LogP contribution in [0.1, 0.15) is 19.3 Å². The summed E-state index contributed by atoms with van der Waals surface area (Å²) in [6, 6.07) is 7.98. The van der Waals surface area contributed by atoms with Crippen LogP contribution in [0.15, 0.2) is 28.7 Å². The van der Waals surface area contributed by atoms with Crippen LogP contribution in [-0.2, 0) is 0 Å². The van der Waals surface area contributed by atoms with E-state index in [1.54, 1.807) is 0 Å². The maximum absolute atomic E-state index is 5.71. The van der Waals surface area contributed by atoms with E-state index in [2.05, 4.69) is 43.8 Å². The van der Waals surface area contributed by atoms with Gasteiger partial charge in [-0.05, 0) is 44.6 Å². The van der Waals surface area contributed by atoms with Gasteiger partial charge in [-0.15, -0.1) is 0 Å². The smallest absolute Gasteiger partial charge is 0.120 e. The van der Waals surface area contributed by atoms with Gasteiger partial charge >= 0.3 is 0 Å². The first-order chi connectivity index (χ1) is 8.72. The second kappa shape index (κ2) is 9.82. The van der Waals surface area contributed by atoms with Crippen molar-refractivity contribution in [3.8, 4) is 5.75 Å². The van der Waals surface area contributed by atoms with Crippen LogP contribution in [0.4, 0.5) is 0 Å². The van der Waals surface area contributed by atoms with Gasteiger partial charge in [0.05, 0.1) is 0 Å². The van der Waals surface area contributed by atoms with Crippen LogP contribution in [0.2, 0.25) is 0 Å². The van der Waals surface area contributed by atoms with Gasteiger partial charge in [-0.3, -0.25) is 0 Å². The normalized spacial score (nSPS) is 10.9. The molecule has 0 heterocycles. The third-order valence-corrected chi connectivity index (χ3v) is 3.77. The zero-order valence-corrected chi connectivity index (χ0v) is 14.0. The van der Waals surface area contributed by atoms with Crippen LogP contribution < -0.4 is 4.74 Å². The molecule has 4 heteroatoms. The van der Waals surface area contributed by atoms with Gasteiger partial charge in [0, 0.05) is 16.3 Å². The van der Waals surface area contributed by atoms with Gasteiger partial charge in [0.25, 0.3) is 0 Å². The first-order valence-corrected chi connectivity index (χ1v) is 8.26. The first-order valence-electron chi connectivity index (χ1n) is 6.35. The Bertz CT molecular complexity index is 333. The number of unbranched alkanes of at least 4 members (excludes halogenated alkanes) is 2. The van der Waals surface area contributed by atoms with Crippen molar-refractivity contribution >= 4 is 31.9 Å². The van der Waals surface area contributed by atoms with Crippen molar-refractivity contribution in [1.82, 2.24) is 4.90 Å². The average Bonchev–Trinajstić information content (AvgIpc) is 2.35. The SMILES string of the molecule is CN(CCCCCBr)CCOc1cccc(Br)c1. The van der Waals surface area contributed by atoms with Crippen molar-refractivity contribution in [1.29, 1.82) is 0 Å². The highest BCUT2D eigenvalue weighted by atomic mass is 79.9. The third-order valence-electron chi connectivity index (χ3n) is 2.71. The van der Waals surface area contributed by atoms with Crippen molar-refractivity contribution in [2.45, 2.75) is 19.3 Å². The van der Waals surface area contributed by atoms with E-state index in [0.29, 0.717) is 0 Å². The molecule has 0 aliphatic rings. The summed E-state index contributed by atoms with van der Waals surface area (Å²) in [5, 5.41) is 1.11. The molecule has 0 saturated carbocycles. The Hall–Kier alpha value is -0.0600. The summed E-state index contributed by atoms with van der Waals surface area (Å²) in [5.74, 6) is 0.928. The molecule has 0 unspecified atom stereocenters. The third kappa shape index (κ3) is 7.39. The Morgan fingerprint density at radius 1 is 1.17 bits per heavy atom. The van der Waals surface area contributed by atoms with E-state index in [0.717, 1.165) is 35.2 Å². The lowest BCUT2D eigenvalue weighted by Crippen LogP contribution is -2.25. The molecule has 1 rings (SSSR count). The van der Waals surface area contributed by atoms with Crippen molar-refractivity contribution in [3.63, 3.8) is 0 Å². The molecule has 1 aromatic carbocycles. The standard InChI is InChI=1S/C14H21Br2NO/c1-17(9-4-2-3-8-15)10-11-18-14-7-5-6-13(16)12-14/h5-7,12H,2-4,8-11H2,1H3. The van der Waals surface area contributed by atoms with Crippen LogP contribution in [0.5, 0.6) is 5.75 Å². The minimum atomic E-state index is 0.741. The predicted molar refractivity (Wildman–Crippen MR) is 84.8 cm³/mol. The number of rotatable bonds is 9. The average molecular weight is 379 g/mol. The highest BCUT2D eigenvalue weighted by Gasteiger charge is 1.99. The van der Waals surface area contributed by atoms with Crippen LogP contribution in [0, 0.1) is 0 Å². The van der Waals surface area contributed by atoms with Crippen molar-refractivity contribution in [3.05, 3.63) is 28.7 Å². The van der Waals surface area contributed by atoms with E-state index in [4.69, 9.17) is 4.74 Å². The van der Waals surface area contributed by atoms with Crippen LogP contribution >= 0.6 is 31.9 Å². The van der Waals surface area contributed by atoms with Gasteiger partial charge in [-0.1, -0.05) is 44.3 Å². The number of alkyl halides is 1. The van der Waals surface area contributed by atoms with E-state index in [9.17, 15) is 0 Å². The molecule has 0 fully saturated rings. The maximum atomic E-state index is 5.71. The summed E-state index contributed by atoms with van der Waals surface area (Å²) >= 11 is 6.89. The largest absolute Gasteiger partial charge is 0.492 e. The second-order valence-electron chi connectivity index (χ2n) is 4.36. The molecule has 0 saturated heterocycles. The second-order valence-corrected chi connectivity index (χ2v) is 6.07. The lowest BCUT2D eigenvalue weighted by Gasteiger charge is -2.16. The molecular weight excluding hydrogens is 358 g/mol. The minimum absolute atomic E-state index is 0.741. The maximum Gasteiger partial charge on any atom is 0.120 e. The number of ether oxygens (including phenoxy) is 1. The van der Waals surface area contributed by atoms with Crippen molar-refractivity contribution in [2.24, 2.45) is 0 Å². The van der Waals surface area contributed by atoms with Gasteiger partial charge in [0.1, 0.15) is 12.4 Å². The molecule has 0 aromatic heterocycles. The molecule has 0 N–H and O–H groups in total. The van der Waals surface area contributed by atoms with E-state index in [-0.39, 0.29) is 0 Å². The lowest BCUT2D eigenvalue weighted by molar-refractivity contribution is 0.235. The highest BCUT2D eigenvalue weighted by molar-refractivity contribution is 9.10. The van der Waals surface area contributed by atoms with Gasteiger partial charge < -0.3 is 9.64 Å². The molecule has 0 aliphatic heterocycles. The molecule has 0 bridgehead atoms. The highest BCUT2D eigenvalue weighted by Crippen LogP contribution is 2.17. The molecule has 0 radical (unpaired) electrons. The molecule has 18 heavy (non-hydrogen) atoms. The Morgan fingerprint density at radius 3 is 2.72 bits per heavy atom. The van der Waals surface area contributed by atoms with E-state index in [1.807, 2.05) is 24.3 Å². The molecule has 102 valence electrons. The Balaban J connectivity index is 2.09. The first kappa shape index (κ1) is 16.0. The van der Waals surface area contributed by atoms with E-state index >= 15 is 0 Å². The Kier molecular flexibility index (Phi) is 8.72. The quantitative estimate of drug-likeness (QED) is 0.468.